The third-order valence-electron chi connectivity index (χ3n) is 7.30. The fourth-order valence-corrected chi connectivity index (χ4v) is 5.77. The van der Waals surface area contributed by atoms with Crippen LogP contribution >= 0.6 is 11.6 Å². The fraction of sp³-hybridized carbons (Fsp3) is 0.484. The zero-order valence-electron chi connectivity index (χ0n) is 24.8. The lowest BCUT2D eigenvalue weighted by atomic mass is 9.80. The summed E-state index contributed by atoms with van der Waals surface area (Å²) in [6.07, 6.45) is -4.84. The minimum Gasteiger partial charge on any atom is -0.494 e. The normalized spacial score (nSPS) is 26.6. The molecular formula is C31H35ClO11. The second-order valence-corrected chi connectivity index (χ2v) is 10.9. The highest BCUT2D eigenvalue weighted by molar-refractivity contribution is 6.31. The van der Waals surface area contributed by atoms with E-state index in [1.165, 1.54) is 27.7 Å². The van der Waals surface area contributed by atoms with E-state index < -0.39 is 59.7 Å². The van der Waals surface area contributed by atoms with Gasteiger partial charge in [-0.2, -0.15) is 0 Å². The van der Waals surface area contributed by atoms with Gasteiger partial charge >= 0.3 is 23.9 Å². The van der Waals surface area contributed by atoms with Crippen molar-refractivity contribution in [2.45, 2.75) is 83.8 Å². The van der Waals surface area contributed by atoms with Gasteiger partial charge in [-0.05, 0) is 55.7 Å². The van der Waals surface area contributed by atoms with Crippen molar-refractivity contribution in [2.24, 2.45) is 0 Å². The molecular weight excluding hydrogens is 584 g/mol. The quantitative estimate of drug-likeness (QED) is 0.282. The summed E-state index contributed by atoms with van der Waals surface area (Å²) in [7, 11) is 0. The summed E-state index contributed by atoms with van der Waals surface area (Å²) in [5.41, 5.74) is 0.379. The number of ether oxygens (including phenoxy) is 7. The van der Waals surface area contributed by atoms with Crippen LogP contribution in [0.15, 0.2) is 42.5 Å². The van der Waals surface area contributed by atoms with Gasteiger partial charge in [0, 0.05) is 38.3 Å². The number of rotatable bonds is 10. The van der Waals surface area contributed by atoms with E-state index in [0.717, 1.165) is 11.3 Å². The first kappa shape index (κ1) is 32.2. The van der Waals surface area contributed by atoms with E-state index in [1.807, 2.05) is 31.2 Å². The minimum atomic E-state index is -1.87. The SMILES string of the molecule is CCOc1ccc(Cc2cc([C@]34OC[C@](C(C)OC(C)=O)(O3)[C@@H](OC(C)=O)[C@H](OC(C)=O)[C@H]4OC(C)=O)ccc2Cl)cc1. The second kappa shape index (κ2) is 12.9. The molecule has 0 spiro atoms. The number of halogens is 1. The Bertz CT molecular complexity index is 1380. The molecule has 43 heavy (non-hydrogen) atoms. The molecule has 2 aromatic rings. The molecule has 0 aromatic heterocycles. The Kier molecular flexibility index (Phi) is 9.68. The molecule has 4 rings (SSSR count). The van der Waals surface area contributed by atoms with E-state index in [1.54, 1.807) is 25.1 Å². The topological polar surface area (TPSA) is 133 Å². The number of carbonyl (C=O) groups excluding carboxylic acids is 4. The van der Waals surface area contributed by atoms with Crippen LogP contribution in [0.1, 0.15) is 58.2 Å². The Labute approximate surface area is 254 Å². The average molecular weight is 619 g/mol. The van der Waals surface area contributed by atoms with Gasteiger partial charge in [-0.3, -0.25) is 19.2 Å². The summed E-state index contributed by atoms with van der Waals surface area (Å²) in [6, 6.07) is 12.6. The zero-order valence-corrected chi connectivity index (χ0v) is 25.6. The molecule has 1 unspecified atom stereocenters. The number of benzene rings is 2. The molecule has 2 aliphatic heterocycles. The first-order chi connectivity index (χ1) is 20.3. The summed E-state index contributed by atoms with van der Waals surface area (Å²) >= 11 is 6.62. The monoisotopic (exact) mass is 618 g/mol. The molecule has 0 radical (unpaired) electrons. The number of fused-ring (bicyclic) bond motifs is 2. The van der Waals surface area contributed by atoms with E-state index in [9.17, 15) is 19.2 Å². The lowest BCUT2D eigenvalue weighted by Gasteiger charge is -2.50. The van der Waals surface area contributed by atoms with E-state index >= 15 is 0 Å². The maximum Gasteiger partial charge on any atom is 0.303 e. The Hall–Kier alpha value is -3.67. The van der Waals surface area contributed by atoms with E-state index in [2.05, 4.69) is 0 Å². The molecule has 0 aliphatic carbocycles. The molecule has 6 atom stereocenters. The van der Waals surface area contributed by atoms with Crippen molar-refractivity contribution in [3.63, 3.8) is 0 Å². The molecule has 232 valence electrons. The molecule has 12 heteroatoms. The van der Waals surface area contributed by atoms with Crippen LogP contribution in [0.2, 0.25) is 5.02 Å². The van der Waals surface area contributed by atoms with Crippen LogP contribution in [-0.2, 0) is 59.8 Å². The third-order valence-corrected chi connectivity index (χ3v) is 7.67. The summed E-state index contributed by atoms with van der Waals surface area (Å²) in [5.74, 6) is -3.95. The van der Waals surface area contributed by atoms with Gasteiger partial charge in [-0.15, -0.1) is 0 Å². The first-order valence-electron chi connectivity index (χ1n) is 13.8. The van der Waals surface area contributed by atoms with Crippen LogP contribution < -0.4 is 4.74 Å². The number of hydrogen-bond acceptors (Lipinski definition) is 11. The molecule has 2 heterocycles. The molecule has 0 amide bonds. The Morgan fingerprint density at radius 1 is 0.907 bits per heavy atom. The molecule has 2 saturated heterocycles. The number of carbonyl (C=O) groups is 4. The fourth-order valence-electron chi connectivity index (χ4n) is 5.58. The van der Waals surface area contributed by atoms with Gasteiger partial charge in [0.1, 0.15) is 11.9 Å². The van der Waals surface area contributed by atoms with Crippen molar-refractivity contribution in [3.05, 3.63) is 64.2 Å². The highest BCUT2D eigenvalue weighted by atomic mass is 35.5. The average Bonchev–Trinajstić information content (AvgIpc) is 3.30. The predicted octanol–water partition coefficient (Wildman–Crippen LogP) is 4.03. The van der Waals surface area contributed by atoms with Crippen molar-refractivity contribution in [3.8, 4) is 5.75 Å². The maximum atomic E-state index is 12.4. The van der Waals surface area contributed by atoms with Crippen molar-refractivity contribution in [2.75, 3.05) is 13.2 Å². The van der Waals surface area contributed by atoms with Crippen LogP contribution in [0, 0.1) is 0 Å². The van der Waals surface area contributed by atoms with Crippen molar-refractivity contribution in [1.82, 2.24) is 0 Å². The van der Waals surface area contributed by atoms with Gasteiger partial charge in [-0.1, -0.05) is 29.8 Å². The molecule has 2 aliphatic rings. The Morgan fingerprint density at radius 3 is 2.12 bits per heavy atom. The number of hydrogen-bond donors (Lipinski definition) is 0. The zero-order chi connectivity index (χ0) is 31.5. The molecule has 2 aromatic carbocycles. The van der Waals surface area contributed by atoms with Gasteiger partial charge < -0.3 is 33.2 Å². The molecule has 0 N–H and O–H groups in total. The summed E-state index contributed by atoms with van der Waals surface area (Å²) < 4.78 is 41.1. The highest BCUT2D eigenvalue weighted by Gasteiger charge is 2.74. The van der Waals surface area contributed by atoms with Gasteiger partial charge in [0.15, 0.2) is 17.8 Å². The number of esters is 4. The summed E-state index contributed by atoms with van der Waals surface area (Å²) in [6.45, 7) is 8.46. The van der Waals surface area contributed by atoms with Crippen LogP contribution in [0.5, 0.6) is 5.75 Å². The molecule has 2 fully saturated rings. The Morgan fingerprint density at radius 2 is 1.53 bits per heavy atom. The van der Waals surface area contributed by atoms with Crippen molar-refractivity contribution >= 4 is 35.5 Å². The Balaban J connectivity index is 1.86. The van der Waals surface area contributed by atoms with Gasteiger partial charge in [0.05, 0.1) is 13.2 Å². The standard InChI is InChI=1S/C31H35ClO11/c1-7-37-25-11-8-22(9-12-25)14-23-15-24(10-13-26(23)32)31-29(42-21(6)36)27(40-19(4)34)28(41-20(5)35)30(43-31,16-38-31)17(2)39-18(3)33/h8-13,15,17,27-29H,7,14,16H2,1-6H3/t17?,27-,28-,29+,30+,31-/m0/s1. The van der Waals surface area contributed by atoms with Crippen molar-refractivity contribution < 1.29 is 52.3 Å². The van der Waals surface area contributed by atoms with E-state index in [0.29, 0.717) is 29.2 Å². The van der Waals surface area contributed by atoms with Gasteiger partial charge in [-0.25, -0.2) is 0 Å². The van der Waals surface area contributed by atoms with Crippen LogP contribution in [0.3, 0.4) is 0 Å². The first-order valence-corrected chi connectivity index (χ1v) is 14.2. The maximum absolute atomic E-state index is 12.4. The lowest BCUT2D eigenvalue weighted by Crippen LogP contribution is -2.70. The van der Waals surface area contributed by atoms with Crippen LogP contribution in [-0.4, -0.2) is 67.1 Å². The predicted molar refractivity (Wildman–Crippen MR) is 151 cm³/mol. The van der Waals surface area contributed by atoms with Crippen molar-refractivity contribution in [1.29, 1.82) is 0 Å². The van der Waals surface area contributed by atoms with Gasteiger partial charge in [0.2, 0.25) is 11.9 Å². The minimum absolute atomic E-state index is 0.272. The molecule has 0 saturated carbocycles. The largest absolute Gasteiger partial charge is 0.494 e. The lowest BCUT2D eigenvalue weighted by molar-refractivity contribution is -0.340. The molecule has 11 nitrogen and oxygen atoms in total. The van der Waals surface area contributed by atoms with E-state index in [4.69, 9.17) is 44.8 Å². The summed E-state index contributed by atoms with van der Waals surface area (Å²) in [5, 5.41) is 0.459. The van der Waals surface area contributed by atoms with Crippen LogP contribution in [0.4, 0.5) is 0 Å². The highest BCUT2D eigenvalue weighted by Crippen LogP contribution is 2.54. The van der Waals surface area contributed by atoms with Gasteiger partial charge in [0.25, 0.3) is 0 Å². The second-order valence-electron chi connectivity index (χ2n) is 10.5. The smallest absolute Gasteiger partial charge is 0.303 e. The van der Waals surface area contributed by atoms with E-state index in [-0.39, 0.29) is 6.61 Å². The van der Waals surface area contributed by atoms with Crippen LogP contribution in [0.25, 0.3) is 0 Å². The molecule has 2 bridgehead atoms. The summed E-state index contributed by atoms with van der Waals surface area (Å²) in [4.78, 5) is 49.1. The third kappa shape index (κ3) is 6.63.